The molecule has 1 heterocycles. The number of esters is 2. The number of ether oxygens (including phenoxy) is 2. The van der Waals surface area contributed by atoms with Crippen LogP contribution in [0.25, 0.3) is 0 Å². The van der Waals surface area contributed by atoms with Crippen molar-refractivity contribution in [2.24, 2.45) is 58.2 Å². The van der Waals surface area contributed by atoms with Crippen LogP contribution in [0.5, 0.6) is 0 Å². The molecule has 1 aliphatic heterocycles. The van der Waals surface area contributed by atoms with Crippen molar-refractivity contribution in [3.05, 3.63) is 33.4 Å². The molecule has 208 valence electrons. The Balaban J connectivity index is 1.46. The number of aliphatic hydroxyl groups is 3. The average Bonchev–Trinajstić information content (AvgIpc) is 3.82. The van der Waals surface area contributed by atoms with E-state index >= 15 is 0 Å². The van der Waals surface area contributed by atoms with Crippen molar-refractivity contribution in [1.29, 1.82) is 0 Å². The molecule has 0 bridgehead atoms. The lowest BCUT2D eigenvalue weighted by atomic mass is 9.42. The zero-order valence-electron chi connectivity index (χ0n) is 22.8. The minimum Gasteiger partial charge on any atom is -0.466 e. The van der Waals surface area contributed by atoms with Crippen LogP contribution in [0.15, 0.2) is 33.4 Å². The third kappa shape index (κ3) is 2.38. The number of allylic oxidation sites excluding steroid dienone is 1. The van der Waals surface area contributed by atoms with E-state index in [2.05, 4.69) is 6.92 Å². The second-order valence-electron chi connectivity index (χ2n) is 14.0. The molecule has 8 heteroatoms. The normalized spacial score (nSPS) is 52.8. The maximum Gasteiger partial charge on any atom is 0.337 e. The molecule has 39 heavy (non-hydrogen) atoms. The van der Waals surface area contributed by atoms with Crippen molar-refractivity contribution in [2.75, 3.05) is 20.3 Å². The molecule has 8 aliphatic rings. The number of methoxy groups -OCH3 is 1. The number of rotatable bonds is 3. The monoisotopic (exact) mass is 536 g/mol. The number of carbonyl (C=O) groups excluding carboxylic acids is 3. The predicted octanol–water partition coefficient (Wildman–Crippen LogP) is 1.88. The summed E-state index contributed by atoms with van der Waals surface area (Å²) in [6, 6.07) is 0. The molecular formula is C31H36O8. The van der Waals surface area contributed by atoms with Crippen molar-refractivity contribution >= 4 is 17.7 Å². The van der Waals surface area contributed by atoms with Crippen molar-refractivity contribution in [3.8, 4) is 0 Å². The lowest BCUT2D eigenvalue weighted by Crippen LogP contribution is -2.66. The van der Waals surface area contributed by atoms with Crippen LogP contribution in [-0.4, -0.2) is 65.1 Å². The fourth-order valence-corrected chi connectivity index (χ4v) is 11.6. The summed E-state index contributed by atoms with van der Waals surface area (Å²) in [6.45, 7) is 5.47. The molecule has 0 amide bonds. The Labute approximate surface area is 227 Å². The third-order valence-electron chi connectivity index (χ3n) is 13.3. The Bertz CT molecular complexity index is 1390. The second-order valence-corrected chi connectivity index (χ2v) is 14.0. The van der Waals surface area contributed by atoms with Gasteiger partial charge in [-0.25, -0.2) is 9.59 Å². The van der Waals surface area contributed by atoms with Crippen LogP contribution >= 0.6 is 0 Å². The molecule has 3 N–H and O–H groups in total. The molecule has 0 unspecified atom stereocenters. The molecule has 0 saturated heterocycles. The Morgan fingerprint density at radius 3 is 2.51 bits per heavy atom. The first kappa shape index (κ1) is 24.5. The summed E-state index contributed by atoms with van der Waals surface area (Å²) in [5.41, 5.74) is 1.33. The maximum atomic E-state index is 14.2. The molecule has 12 atom stereocenters. The van der Waals surface area contributed by atoms with Gasteiger partial charge in [0.15, 0.2) is 5.78 Å². The van der Waals surface area contributed by atoms with Gasteiger partial charge in [-0.05, 0) is 84.7 Å². The highest BCUT2D eigenvalue weighted by molar-refractivity contribution is 6.09. The van der Waals surface area contributed by atoms with Gasteiger partial charge in [0.1, 0.15) is 11.7 Å². The van der Waals surface area contributed by atoms with Crippen LogP contribution in [0.3, 0.4) is 0 Å². The number of aliphatic hydroxyl groups excluding tert-OH is 3. The molecule has 0 aromatic heterocycles. The van der Waals surface area contributed by atoms with E-state index in [0.717, 1.165) is 24.0 Å². The van der Waals surface area contributed by atoms with Crippen molar-refractivity contribution in [2.45, 2.75) is 58.2 Å². The van der Waals surface area contributed by atoms with Crippen LogP contribution in [0.2, 0.25) is 0 Å². The molecule has 8 rings (SSSR count). The molecule has 5 saturated carbocycles. The van der Waals surface area contributed by atoms with Crippen LogP contribution < -0.4 is 0 Å². The van der Waals surface area contributed by atoms with Crippen LogP contribution in [0, 0.1) is 58.2 Å². The summed E-state index contributed by atoms with van der Waals surface area (Å²) in [4.78, 5) is 40.7. The summed E-state index contributed by atoms with van der Waals surface area (Å²) in [7, 11) is 1.27. The van der Waals surface area contributed by atoms with E-state index in [1.54, 1.807) is 6.92 Å². The lowest BCUT2D eigenvalue weighted by Gasteiger charge is -2.63. The van der Waals surface area contributed by atoms with Crippen LogP contribution in [0.1, 0.15) is 46.5 Å². The minimum atomic E-state index is -1.29. The third-order valence-corrected chi connectivity index (χ3v) is 13.3. The Kier molecular flexibility index (Phi) is 4.48. The fourth-order valence-electron chi connectivity index (χ4n) is 11.6. The molecule has 1 spiro atoms. The zero-order chi connectivity index (χ0) is 27.5. The van der Waals surface area contributed by atoms with E-state index < -0.39 is 47.4 Å². The second kappa shape index (κ2) is 7.12. The van der Waals surface area contributed by atoms with Gasteiger partial charge in [0.2, 0.25) is 0 Å². The van der Waals surface area contributed by atoms with E-state index in [1.165, 1.54) is 12.7 Å². The first-order chi connectivity index (χ1) is 18.5. The number of hydrogen-bond acceptors (Lipinski definition) is 8. The molecular weight excluding hydrogens is 500 g/mol. The molecule has 7 aliphatic carbocycles. The van der Waals surface area contributed by atoms with Gasteiger partial charge < -0.3 is 24.8 Å². The first-order valence-corrected chi connectivity index (χ1v) is 14.5. The molecule has 0 aromatic rings. The molecule has 5 fully saturated rings. The number of hydrogen-bond donors (Lipinski definition) is 3. The maximum absolute atomic E-state index is 14.2. The average molecular weight is 537 g/mol. The number of ketones is 1. The Hall–Kier alpha value is -2.29. The van der Waals surface area contributed by atoms with Crippen molar-refractivity contribution in [1.82, 2.24) is 0 Å². The van der Waals surface area contributed by atoms with E-state index in [1.807, 2.05) is 6.92 Å². The van der Waals surface area contributed by atoms with Gasteiger partial charge in [-0.1, -0.05) is 19.4 Å². The van der Waals surface area contributed by atoms with E-state index in [9.17, 15) is 29.7 Å². The zero-order valence-corrected chi connectivity index (χ0v) is 22.8. The molecule has 0 radical (unpaired) electrons. The van der Waals surface area contributed by atoms with Crippen molar-refractivity contribution in [3.63, 3.8) is 0 Å². The van der Waals surface area contributed by atoms with Gasteiger partial charge >= 0.3 is 11.9 Å². The fraction of sp³-hybridized carbons (Fsp3) is 0.710. The smallest absolute Gasteiger partial charge is 0.337 e. The molecule has 0 aromatic carbocycles. The number of fused-ring (bicyclic) bond motifs is 7. The Morgan fingerprint density at radius 2 is 1.85 bits per heavy atom. The van der Waals surface area contributed by atoms with Gasteiger partial charge in [-0.15, -0.1) is 0 Å². The van der Waals surface area contributed by atoms with Crippen molar-refractivity contribution < 1.29 is 39.2 Å². The van der Waals surface area contributed by atoms with Gasteiger partial charge in [-0.2, -0.15) is 0 Å². The topological polar surface area (TPSA) is 130 Å². The summed E-state index contributed by atoms with van der Waals surface area (Å²) in [6.07, 6.45) is 1.89. The molecule has 8 nitrogen and oxygen atoms in total. The predicted molar refractivity (Wildman–Crippen MR) is 135 cm³/mol. The van der Waals surface area contributed by atoms with Gasteiger partial charge in [0.25, 0.3) is 0 Å². The summed E-state index contributed by atoms with van der Waals surface area (Å²) in [5, 5.41) is 32.5. The van der Waals surface area contributed by atoms with E-state index in [0.29, 0.717) is 24.7 Å². The summed E-state index contributed by atoms with van der Waals surface area (Å²) >= 11 is 0. The highest BCUT2D eigenvalue weighted by Gasteiger charge is 2.81. The highest BCUT2D eigenvalue weighted by Crippen LogP contribution is 2.82. The van der Waals surface area contributed by atoms with Gasteiger partial charge in [0, 0.05) is 29.1 Å². The number of Topliss-reactive ketones (excluding diaryl/α,β-unsaturated/α-hetero) is 1. The number of carbonyl (C=O) groups is 3. The van der Waals surface area contributed by atoms with Crippen LogP contribution in [0.4, 0.5) is 0 Å². The quantitative estimate of drug-likeness (QED) is 0.283. The Morgan fingerprint density at radius 1 is 1.10 bits per heavy atom. The van der Waals surface area contributed by atoms with E-state index in [-0.39, 0.29) is 58.3 Å². The minimum absolute atomic E-state index is 0.0924. The first-order valence-electron chi connectivity index (χ1n) is 14.5. The largest absolute Gasteiger partial charge is 0.466 e. The van der Waals surface area contributed by atoms with Gasteiger partial charge in [-0.3, -0.25) is 4.79 Å². The summed E-state index contributed by atoms with van der Waals surface area (Å²) in [5.74, 6) is -1.04. The SMILES string of the molecule is COC(=O)/C(C)=C1\C(=O)[C@H](O)[C@]2(C)C3=C(C[C@@H]4[C@]5(OC(=O)C(CO)=C5C[C@H]5[C@H](CO)[C@H]6C[C@H]6[C@]45C)[C@H]31)[C@H]1C[C@H]12. The lowest BCUT2D eigenvalue weighted by molar-refractivity contribution is -0.178. The highest BCUT2D eigenvalue weighted by atomic mass is 16.6. The van der Waals surface area contributed by atoms with Crippen LogP contribution in [-0.2, 0) is 23.9 Å². The summed E-state index contributed by atoms with van der Waals surface area (Å²) < 4.78 is 11.6. The standard InChI is InChI=1S/C31H36O8/c1-11(27(36)38-4)22-24-23-14(12-5-18(12)30(23,3)26(35)25(22)34)7-21-29(2)17-6-13(17)15(9-32)19(29)8-20-16(10-33)28(37)39-31(20,21)24/h12-13,15,17-19,21,24,26,32-33,35H,5-10H2,1-4H3/b22-11-/t12-,13-,15-,17-,18-,19+,21+,24+,26+,29+,30+,31+/m1/s1. The van der Waals surface area contributed by atoms with Gasteiger partial charge in [0.05, 0.1) is 25.2 Å². The van der Waals surface area contributed by atoms with E-state index in [4.69, 9.17) is 9.47 Å².